The number of hydrogen-bond acceptors (Lipinski definition) is 5. The van der Waals surface area contributed by atoms with E-state index >= 15 is 0 Å². The van der Waals surface area contributed by atoms with E-state index < -0.39 is 0 Å². The number of phenolic OH excluding ortho intramolecular Hbond substituents is 1. The summed E-state index contributed by atoms with van der Waals surface area (Å²) in [5, 5.41) is 10.1. The van der Waals surface area contributed by atoms with E-state index in [4.69, 9.17) is 14.2 Å². The monoisotopic (exact) mass is 465 g/mol. The van der Waals surface area contributed by atoms with Crippen molar-refractivity contribution in [2.24, 2.45) is 17.8 Å². The van der Waals surface area contributed by atoms with Gasteiger partial charge in [-0.1, -0.05) is 18.2 Å². The van der Waals surface area contributed by atoms with Crippen molar-refractivity contribution in [1.82, 2.24) is 0 Å². The van der Waals surface area contributed by atoms with Crippen LogP contribution in [0.25, 0.3) is 0 Å². The van der Waals surface area contributed by atoms with Crippen LogP contribution in [0.4, 0.5) is 5.69 Å². The number of benzene rings is 2. The Morgan fingerprint density at radius 3 is 2.29 bits per heavy atom. The summed E-state index contributed by atoms with van der Waals surface area (Å²) < 4.78 is 16.7. The summed E-state index contributed by atoms with van der Waals surface area (Å²) >= 11 is 0. The second kappa shape index (κ2) is 10.7. The third-order valence-electron chi connectivity index (χ3n) is 8.51. The fourth-order valence-corrected chi connectivity index (χ4v) is 6.71. The molecule has 0 aromatic heterocycles. The molecule has 0 radical (unpaired) electrons. The molecule has 2 heterocycles. The van der Waals surface area contributed by atoms with Crippen molar-refractivity contribution in [3.8, 4) is 5.75 Å². The van der Waals surface area contributed by atoms with Gasteiger partial charge in [0, 0.05) is 58.0 Å². The van der Waals surface area contributed by atoms with Crippen molar-refractivity contribution < 1.29 is 19.3 Å². The second-order valence-corrected chi connectivity index (χ2v) is 10.3. The normalized spacial score (nSPS) is 24.4. The smallest absolute Gasteiger partial charge is 0.159 e. The lowest BCUT2D eigenvalue weighted by atomic mass is 9.65. The number of anilines is 1. The zero-order valence-corrected chi connectivity index (χ0v) is 20.6. The van der Waals surface area contributed by atoms with Crippen LogP contribution in [-0.2, 0) is 20.6 Å². The largest absolute Gasteiger partial charge is 0.508 e. The Hall–Kier alpha value is -2.08. The minimum Gasteiger partial charge on any atom is -0.508 e. The molecule has 0 spiro atoms. The molecule has 2 aliphatic heterocycles. The molecule has 5 heteroatoms. The first-order valence-corrected chi connectivity index (χ1v) is 13.0. The van der Waals surface area contributed by atoms with E-state index in [1.54, 1.807) is 14.2 Å². The number of rotatable bonds is 6. The Morgan fingerprint density at radius 2 is 1.62 bits per heavy atom. The van der Waals surface area contributed by atoms with Gasteiger partial charge in [0.2, 0.25) is 0 Å². The van der Waals surface area contributed by atoms with Gasteiger partial charge in [0.05, 0.1) is 0 Å². The molecule has 0 amide bonds. The first kappa shape index (κ1) is 23.7. The van der Waals surface area contributed by atoms with Gasteiger partial charge in [0.1, 0.15) is 5.75 Å². The molecule has 184 valence electrons. The number of nitrogens with zero attached hydrogens (tertiary/aromatic N) is 1. The summed E-state index contributed by atoms with van der Waals surface area (Å²) in [6.07, 6.45) is 6.62. The highest BCUT2D eigenvalue weighted by Gasteiger charge is 2.36. The molecule has 2 fully saturated rings. The highest BCUT2D eigenvalue weighted by Crippen LogP contribution is 2.47. The summed E-state index contributed by atoms with van der Waals surface area (Å²) in [7, 11) is 3.47. The molecule has 2 aromatic rings. The summed E-state index contributed by atoms with van der Waals surface area (Å²) in [6.45, 7) is 3.84. The quantitative estimate of drug-likeness (QED) is 0.583. The molecule has 0 bridgehead atoms. The van der Waals surface area contributed by atoms with Gasteiger partial charge in [-0.2, -0.15) is 0 Å². The lowest BCUT2D eigenvalue weighted by Gasteiger charge is -2.41. The molecule has 2 saturated heterocycles. The maximum absolute atomic E-state index is 10.1. The zero-order chi connectivity index (χ0) is 23.5. The average molecular weight is 466 g/mol. The van der Waals surface area contributed by atoms with Gasteiger partial charge in [0.15, 0.2) is 6.29 Å². The number of aryl methyl sites for hydroxylation is 1. The zero-order valence-electron chi connectivity index (χ0n) is 20.6. The van der Waals surface area contributed by atoms with Gasteiger partial charge >= 0.3 is 0 Å². The van der Waals surface area contributed by atoms with Crippen LogP contribution in [0.5, 0.6) is 5.75 Å². The number of piperidine rings is 1. The minimum absolute atomic E-state index is 0.0996. The van der Waals surface area contributed by atoms with E-state index in [2.05, 4.69) is 35.2 Å². The molecule has 5 rings (SSSR count). The van der Waals surface area contributed by atoms with E-state index in [1.807, 2.05) is 12.1 Å². The molecule has 1 aliphatic carbocycles. The maximum Gasteiger partial charge on any atom is 0.159 e. The predicted molar refractivity (Wildman–Crippen MR) is 134 cm³/mol. The van der Waals surface area contributed by atoms with Crippen LogP contribution in [0, 0.1) is 17.8 Å². The third kappa shape index (κ3) is 4.84. The number of hydrogen-bond donors (Lipinski definition) is 1. The van der Waals surface area contributed by atoms with Gasteiger partial charge in [-0.15, -0.1) is 0 Å². The van der Waals surface area contributed by atoms with Gasteiger partial charge in [-0.05, 0) is 91.3 Å². The summed E-state index contributed by atoms with van der Waals surface area (Å²) in [5.41, 5.74) is 5.42. The van der Waals surface area contributed by atoms with E-state index in [0.717, 1.165) is 58.4 Å². The molecule has 2 aromatic carbocycles. The molecule has 0 saturated carbocycles. The Labute approximate surface area is 204 Å². The number of fused-ring (bicyclic) bond motifs is 1. The van der Waals surface area contributed by atoms with Crippen molar-refractivity contribution >= 4 is 5.69 Å². The van der Waals surface area contributed by atoms with Crippen LogP contribution < -0.4 is 4.90 Å². The van der Waals surface area contributed by atoms with Crippen LogP contribution in [0.2, 0.25) is 0 Å². The maximum atomic E-state index is 10.1. The van der Waals surface area contributed by atoms with Crippen LogP contribution in [-0.4, -0.2) is 51.9 Å². The second-order valence-electron chi connectivity index (χ2n) is 10.3. The molecule has 2 unspecified atom stereocenters. The molecule has 34 heavy (non-hydrogen) atoms. The highest BCUT2D eigenvalue weighted by atomic mass is 16.7. The van der Waals surface area contributed by atoms with Crippen LogP contribution >= 0.6 is 0 Å². The molecule has 5 nitrogen and oxygen atoms in total. The van der Waals surface area contributed by atoms with Crippen molar-refractivity contribution in [2.75, 3.05) is 45.4 Å². The molecular formula is C29H39NO4. The van der Waals surface area contributed by atoms with Gasteiger partial charge in [-0.3, -0.25) is 0 Å². The van der Waals surface area contributed by atoms with Crippen molar-refractivity contribution in [3.05, 3.63) is 59.2 Å². The molecular weight excluding hydrogens is 426 g/mol. The number of aromatic hydroxyl groups is 1. The predicted octanol–water partition coefficient (Wildman–Crippen LogP) is 5.35. The van der Waals surface area contributed by atoms with Crippen LogP contribution in [0.15, 0.2) is 42.5 Å². The van der Waals surface area contributed by atoms with Crippen LogP contribution in [0.3, 0.4) is 0 Å². The van der Waals surface area contributed by atoms with Crippen molar-refractivity contribution in [3.63, 3.8) is 0 Å². The number of phenols is 1. The fourth-order valence-electron chi connectivity index (χ4n) is 6.71. The topological polar surface area (TPSA) is 51.2 Å². The molecule has 1 N–H and O–H groups in total. The Morgan fingerprint density at radius 1 is 0.912 bits per heavy atom. The number of ether oxygens (including phenoxy) is 3. The Balaban J connectivity index is 1.36. The van der Waals surface area contributed by atoms with E-state index in [-0.39, 0.29) is 6.29 Å². The summed E-state index contributed by atoms with van der Waals surface area (Å²) in [6, 6.07) is 15.4. The van der Waals surface area contributed by atoms with Crippen molar-refractivity contribution in [1.29, 1.82) is 0 Å². The molecule has 3 aliphatic rings. The van der Waals surface area contributed by atoms with Gasteiger partial charge < -0.3 is 24.2 Å². The van der Waals surface area contributed by atoms with Crippen LogP contribution in [0.1, 0.15) is 54.7 Å². The number of methoxy groups -OCH3 is 2. The highest BCUT2D eigenvalue weighted by molar-refractivity contribution is 5.51. The van der Waals surface area contributed by atoms with Crippen molar-refractivity contribution in [2.45, 2.75) is 50.7 Å². The third-order valence-corrected chi connectivity index (χ3v) is 8.51. The SMILES string of the molecule is COC(OC)C1CCN(c2ccc(C3c4ccc(O)cc4CCC3C3CCOCC3)cc2)CC1. The first-order chi connectivity index (χ1) is 16.7. The van der Waals surface area contributed by atoms with Gasteiger partial charge in [0.25, 0.3) is 0 Å². The minimum atomic E-state index is -0.0996. The van der Waals surface area contributed by atoms with E-state index in [1.165, 1.54) is 28.8 Å². The Kier molecular flexibility index (Phi) is 7.43. The summed E-state index contributed by atoms with van der Waals surface area (Å²) in [4.78, 5) is 2.49. The van der Waals surface area contributed by atoms with E-state index in [9.17, 15) is 5.11 Å². The van der Waals surface area contributed by atoms with E-state index in [0.29, 0.717) is 29.4 Å². The lowest BCUT2D eigenvalue weighted by Crippen LogP contribution is -2.39. The molecule has 2 atom stereocenters. The van der Waals surface area contributed by atoms with Gasteiger partial charge in [-0.25, -0.2) is 0 Å². The first-order valence-electron chi connectivity index (χ1n) is 13.0. The fraction of sp³-hybridized carbons (Fsp3) is 0.586. The average Bonchev–Trinajstić information content (AvgIpc) is 2.90. The Bertz CT molecular complexity index is 928. The lowest BCUT2D eigenvalue weighted by molar-refractivity contribution is -0.141. The summed E-state index contributed by atoms with van der Waals surface area (Å²) in [5.74, 6) is 2.55. The standard InChI is InChI=1S/C29H39NO4/c1-32-29(33-2)22-11-15-30(16-12-22)24-6-3-21(4-7-24)28-26(20-13-17-34-18-14-20)9-5-23-19-25(31)8-10-27(23)28/h3-4,6-8,10,19-20,22,26,28-29,31H,5,9,11-18H2,1-2H3.